The first-order chi connectivity index (χ1) is 11.1. The molecule has 2 heterocycles. The lowest BCUT2D eigenvalue weighted by Crippen LogP contribution is -2.19. The van der Waals surface area contributed by atoms with Gasteiger partial charge >= 0.3 is 0 Å². The van der Waals surface area contributed by atoms with Gasteiger partial charge in [-0.3, -0.25) is 9.89 Å². The third-order valence-corrected chi connectivity index (χ3v) is 3.39. The minimum absolute atomic E-state index is 0.247. The summed E-state index contributed by atoms with van der Waals surface area (Å²) in [6.45, 7) is 3.86. The quantitative estimate of drug-likeness (QED) is 0.573. The van der Waals surface area contributed by atoms with Crippen molar-refractivity contribution in [2.24, 2.45) is 5.10 Å². The third-order valence-electron chi connectivity index (χ3n) is 3.39. The molecule has 0 fully saturated rings. The molecule has 0 aliphatic carbocycles. The van der Waals surface area contributed by atoms with E-state index in [2.05, 4.69) is 20.7 Å². The summed E-state index contributed by atoms with van der Waals surface area (Å²) in [4.78, 5) is 12.1. The largest absolute Gasteiger partial charge is 0.463 e. The number of nitrogens with one attached hydrogen (secondary N) is 2. The van der Waals surface area contributed by atoms with Gasteiger partial charge in [-0.2, -0.15) is 10.2 Å². The lowest BCUT2D eigenvalue weighted by molar-refractivity contribution is 0.0950. The molecule has 1 aromatic carbocycles. The average Bonchev–Trinajstić information content (AvgIpc) is 3.23. The minimum atomic E-state index is -0.384. The highest BCUT2D eigenvalue weighted by Crippen LogP contribution is 2.17. The van der Waals surface area contributed by atoms with E-state index >= 15 is 0 Å². The molecule has 0 aliphatic rings. The zero-order chi connectivity index (χ0) is 16.2. The number of carbonyl (C=O) groups excluding carboxylic acids is 1. The molecule has 1 amide bonds. The van der Waals surface area contributed by atoms with Crippen LogP contribution in [0.4, 0.5) is 0 Å². The van der Waals surface area contributed by atoms with Crippen molar-refractivity contribution in [1.29, 1.82) is 0 Å². The molecule has 0 bridgehead atoms. The number of aromatic nitrogens is 2. The smallest absolute Gasteiger partial charge is 0.291 e. The number of amides is 1. The van der Waals surface area contributed by atoms with E-state index in [1.807, 2.05) is 38.1 Å². The van der Waals surface area contributed by atoms with Crippen LogP contribution in [0.2, 0.25) is 0 Å². The fourth-order valence-electron chi connectivity index (χ4n) is 2.05. The highest BCUT2D eigenvalue weighted by molar-refractivity contribution is 6.00. The number of furan rings is 1. The molecule has 0 spiro atoms. The number of hydrogen-bond acceptors (Lipinski definition) is 4. The molecule has 0 aliphatic heterocycles. The molecule has 2 N–H and O–H groups in total. The normalized spacial score (nSPS) is 11.5. The highest BCUT2D eigenvalue weighted by Gasteiger charge is 2.12. The topological polar surface area (TPSA) is 83.3 Å². The summed E-state index contributed by atoms with van der Waals surface area (Å²) in [5.74, 6) is 0.237. The molecule has 0 saturated heterocycles. The maximum atomic E-state index is 12.1. The highest BCUT2D eigenvalue weighted by atomic mass is 16.3. The van der Waals surface area contributed by atoms with Crippen molar-refractivity contribution < 1.29 is 9.21 Å². The van der Waals surface area contributed by atoms with E-state index in [4.69, 9.17) is 4.42 Å². The van der Waals surface area contributed by atoms with Gasteiger partial charge in [0.15, 0.2) is 11.5 Å². The van der Waals surface area contributed by atoms with Crippen LogP contribution in [0.5, 0.6) is 0 Å². The first-order valence-corrected chi connectivity index (χ1v) is 7.14. The molecule has 6 heteroatoms. The summed E-state index contributed by atoms with van der Waals surface area (Å²) in [6, 6.07) is 13.1. The minimum Gasteiger partial charge on any atom is -0.463 e. The zero-order valence-corrected chi connectivity index (χ0v) is 12.8. The summed E-state index contributed by atoms with van der Waals surface area (Å²) in [7, 11) is 0. The zero-order valence-electron chi connectivity index (χ0n) is 12.8. The van der Waals surface area contributed by atoms with Crippen LogP contribution in [0.15, 0.2) is 58.2 Å². The van der Waals surface area contributed by atoms with Crippen LogP contribution in [-0.2, 0) is 0 Å². The number of rotatable bonds is 4. The van der Waals surface area contributed by atoms with Crippen molar-refractivity contribution in [3.8, 4) is 11.5 Å². The lowest BCUT2D eigenvalue weighted by Gasteiger charge is -2.02. The maximum Gasteiger partial charge on any atom is 0.291 e. The van der Waals surface area contributed by atoms with E-state index < -0.39 is 0 Å². The van der Waals surface area contributed by atoms with Crippen LogP contribution in [0.1, 0.15) is 28.5 Å². The number of aromatic amines is 1. The summed E-state index contributed by atoms with van der Waals surface area (Å²) < 4.78 is 5.25. The molecular formula is C17H16N4O2. The number of hydrazone groups is 1. The second kappa shape index (κ2) is 6.31. The lowest BCUT2D eigenvalue weighted by atomic mass is 10.1. The van der Waals surface area contributed by atoms with Gasteiger partial charge in [0.1, 0.15) is 5.69 Å². The van der Waals surface area contributed by atoms with Gasteiger partial charge in [0, 0.05) is 6.07 Å². The van der Waals surface area contributed by atoms with Gasteiger partial charge in [-0.05, 0) is 31.5 Å². The Hall–Kier alpha value is -3.15. The summed E-state index contributed by atoms with van der Waals surface area (Å²) >= 11 is 0. The van der Waals surface area contributed by atoms with Gasteiger partial charge < -0.3 is 4.42 Å². The van der Waals surface area contributed by atoms with Crippen molar-refractivity contribution in [1.82, 2.24) is 15.6 Å². The Morgan fingerprint density at radius 3 is 2.74 bits per heavy atom. The maximum absolute atomic E-state index is 12.1. The van der Waals surface area contributed by atoms with Gasteiger partial charge in [0.25, 0.3) is 5.91 Å². The SMILES string of the molecule is C/C(=N/NC(=O)c1cc(-c2ccco2)[nH]n1)c1ccc(C)cc1. The van der Waals surface area contributed by atoms with E-state index in [1.165, 1.54) is 5.56 Å². The molecule has 23 heavy (non-hydrogen) atoms. The van der Waals surface area contributed by atoms with Crippen LogP contribution in [0.3, 0.4) is 0 Å². The first kappa shape index (κ1) is 14.8. The van der Waals surface area contributed by atoms with Crippen molar-refractivity contribution in [3.63, 3.8) is 0 Å². The van der Waals surface area contributed by atoms with Crippen LogP contribution in [0, 0.1) is 6.92 Å². The Bertz CT molecular complexity index is 830. The van der Waals surface area contributed by atoms with Gasteiger partial charge in [0.05, 0.1) is 12.0 Å². The Morgan fingerprint density at radius 1 is 1.26 bits per heavy atom. The molecule has 0 saturated carbocycles. The number of H-pyrrole nitrogens is 1. The number of benzene rings is 1. The van der Waals surface area contributed by atoms with E-state index in [1.54, 1.807) is 24.5 Å². The van der Waals surface area contributed by atoms with E-state index in [-0.39, 0.29) is 11.6 Å². The van der Waals surface area contributed by atoms with Gasteiger partial charge in [-0.25, -0.2) is 5.43 Å². The number of hydrogen-bond donors (Lipinski definition) is 2. The number of nitrogens with zero attached hydrogens (tertiary/aromatic N) is 2. The van der Waals surface area contributed by atoms with Crippen LogP contribution >= 0.6 is 0 Å². The molecule has 3 rings (SSSR count). The van der Waals surface area contributed by atoms with Crippen molar-refractivity contribution >= 4 is 11.6 Å². The molecule has 116 valence electrons. The summed E-state index contributed by atoms with van der Waals surface area (Å²) in [5.41, 5.74) is 6.24. The average molecular weight is 308 g/mol. The number of carbonyl (C=O) groups is 1. The Kier molecular flexibility index (Phi) is 4.05. The Labute approximate surface area is 133 Å². The van der Waals surface area contributed by atoms with E-state index in [0.29, 0.717) is 11.5 Å². The predicted molar refractivity (Wildman–Crippen MR) is 87.1 cm³/mol. The van der Waals surface area contributed by atoms with Crippen LogP contribution < -0.4 is 5.43 Å². The van der Waals surface area contributed by atoms with Crippen LogP contribution in [0.25, 0.3) is 11.5 Å². The van der Waals surface area contributed by atoms with E-state index in [0.717, 1.165) is 11.3 Å². The molecule has 0 radical (unpaired) electrons. The van der Waals surface area contributed by atoms with Crippen molar-refractivity contribution in [2.75, 3.05) is 0 Å². The standard InChI is InChI=1S/C17H16N4O2/c1-11-5-7-13(8-6-11)12(2)18-21-17(22)15-10-14(19-20-15)16-4-3-9-23-16/h3-10H,1-2H3,(H,19,20)(H,21,22)/b18-12-. The second-order valence-electron chi connectivity index (χ2n) is 5.15. The molecule has 3 aromatic rings. The van der Waals surface area contributed by atoms with Gasteiger partial charge in [-0.1, -0.05) is 29.8 Å². The Morgan fingerprint density at radius 2 is 2.04 bits per heavy atom. The van der Waals surface area contributed by atoms with Crippen molar-refractivity contribution in [3.05, 3.63) is 65.5 Å². The monoisotopic (exact) mass is 308 g/mol. The van der Waals surface area contributed by atoms with Crippen LogP contribution in [-0.4, -0.2) is 21.8 Å². The number of aryl methyl sites for hydroxylation is 1. The van der Waals surface area contributed by atoms with Gasteiger partial charge in [0.2, 0.25) is 0 Å². The van der Waals surface area contributed by atoms with Crippen molar-refractivity contribution in [2.45, 2.75) is 13.8 Å². The predicted octanol–water partition coefficient (Wildman–Crippen LogP) is 3.13. The summed E-state index contributed by atoms with van der Waals surface area (Å²) in [5, 5.41) is 10.8. The second-order valence-corrected chi connectivity index (χ2v) is 5.15. The molecular weight excluding hydrogens is 292 g/mol. The Balaban J connectivity index is 1.69. The fourth-order valence-corrected chi connectivity index (χ4v) is 2.05. The third kappa shape index (κ3) is 3.37. The van der Waals surface area contributed by atoms with Gasteiger partial charge in [-0.15, -0.1) is 0 Å². The molecule has 0 atom stereocenters. The molecule has 6 nitrogen and oxygen atoms in total. The van der Waals surface area contributed by atoms with E-state index in [9.17, 15) is 4.79 Å². The fraction of sp³-hybridized carbons (Fsp3) is 0.118. The molecule has 0 unspecified atom stereocenters. The summed E-state index contributed by atoms with van der Waals surface area (Å²) in [6.07, 6.45) is 1.56. The molecule has 2 aromatic heterocycles. The first-order valence-electron chi connectivity index (χ1n) is 7.14.